The molecule has 0 aliphatic carbocycles. The van der Waals surface area contributed by atoms with Gasteiger partial charge in [0.15, 0.2) is 0 Å². The van der Waals surface area contributed by atoms with E-state index in [0.717, 1.165) is 19.5 Å². The fourth-order valence-electron chi connectivity index (χ4n) is 1.81. The number of likely N-dealkylation sites (N-methyl/N-ethyl adjacent to an activating group) is 1. The maximum atomic E-state index is 11.3. The van der Waals surface area contributed by atoms with E-state index in [1.807, 2.05) is 13.0 Å². The van der Waals surface area contributed by atoms with Gasteiger partial charge in [-0.15, -0.1) is 0 Å². The van der Waals surface area contributed by atoms with Crippen LogP contribution >= 0.6 is 0 Å². The Labute approximate surface area is 111 Å². The van der Waals surface area contributed by atoms with Crippen molar-refractivity contribution in [3.63, 3.8) is 0 Å². The molecule has 0 aromatic carbocycles. The predicted octanol–water partition coefficient (Wildman–Crippen LogP) is 2.30. The first-order valence-corrected chi connectivity index (χ1v) is 6.56. The van der Waals surface area contributed by atoms with Crippen LogP contribution in [-0.4, -0.2) is 49.4 Å². The van der Waals surface area contributed by atoms with Gasteiger partial charge in [-0.3, -0.25) is 9.89 Å². The van der Waals surface area contributed by atoms with Crippen LogP contribution in [-0.2, 0) is 9.53 Å². The number of nitrogens with zero attached hydrogens (tertiary/aromatic N) is 2. The van der Waals surface area contributed by atoms with Gasteiger partial charge in [-0.25, -0.2) is 4.79 Å². The Bertz CT molecular complexity index is 298. The van der Waals surface area contributed by atoms with Crippen molar-refractivity contribution in [1.29, 1.82) is 0 Å². The normalized spacial score (nSPS) is 14.2. The highest BCUT2D eigenvalue weighted by atomic mass is 16.5. The van der Waals surface area contributed by atoms with Crippen LogP contribution in [0.15, 0.2) is 17.1 Å². The molecule has 0 saturated carbocycles. The zero-order chi connectivity index (χ0) is 14.0. The lowest BCUT2D eigenvalue weighted by Crippen LogP contribution is -2.37. The number of carbonyl (C=O) groups is 1. The number of allylic oxidation sites excluding steroid dienone is 1. The number of esters is 1. The highest BCUT2D eigenvalue weighted by Crippen LogP contribution is 2.04. The molecule has 0 amide bonds. The zero-order valence-electron chi connectivity index (χ0n) is 12.3. The minimum absolute atomic E-state index is 0.250. The Balaban J connectivity index is 4.66. The average Bonchev–Trinajstić information content (AvgIpc) is 2.39. The quantitative estimate of drug-likeness (QED) is 0.379. The van der Waals surface area contributed by atoms with Crippen molar-refractivity contribution < 1.29 is 9.53 Å². The van der Waals surface area contributed by atoms with Gasteiger partial charge in [0.2, 0.25) is 0 Å². The Morgan fingerprint density at radius 2 is 2.11 bits per heavy atom. The van der Waals surface area contributed by atoms with E-state index < -0.39 is 0 Å². The van der Waals surface area contributed by atoms with E-state index in [4.69, 9.17) is 0 Å². The maximum absolute atomic E-state index is 11.3. The standard InChI is InChI=1S/C14H26N2O2/c1-6-9-13(16(8-3)10-7-2)11-15-12(4)14(17)18-5/h6,9,13H,7-8,10-11H2,1-5H3/b9-6-,15-12?. The van der Waals surface area contributed by atoms with Crippen LogP contribution in [0.2, 0.25) is 0 Å². The first-order chi connectivity index (χ1) is 8.60. The van der Waals surface area contributed by atoms with Crippen LogP contribution in [0.4, 0.5) is 0 Å². The molecule has 0 N–H and O–H groups in total. The van der Waals surface area contributed by atoms with Gasteiger partial charge in [0, 0.05) is 6.04 Å². The third kappa shape index (κ3) is 5.96. The van der Waals surface area contributed by atoms with Gasteiger partial charge < -0.3 is 4.74 Å². The summed E-state index contributed by atoms with van der Waals surface area (Å²) in [4.78, 5) is 17.9. The summed E-state index contributed by atoms with van der Waals surface area (Å²) >= 11 is 0. The van der Waals surface area contributed by atoms with Gasteiger partial charge in [0.05, 0.1) is 13.7 Å². The van der Waals surface area contributed by atoms with E-state index in [1.165, 1.54) is 7.11 Å². The summed E-state index contributed by atoms with van der Waals surface area (Å²) in [5, 5.41) is 0. The monoisotopic (exact) mass is 254 g/mol. The summed E-state index contributed by atoms with van der Waals surface area (Å²) in [5.74, 6) is -0.354. The summed E-state index contributed by atoms with van der Waals surface area (Å²) in [6.45, 7) is 10.6. The van der Waals surface area contributed by atoms with E-state index in [0.29, 0.717) is 12.3 Å². The average molecular weight is 254 g/mol. The van der Waals surface area contributed by atoms with Gasteiger partial charge in [0.25, 0.3) is 0 Å². The third-order valence-electron chi connectivity index (χ3n) is 2.80. The lowest BCUT2D eigenvalue weighted by Gasteiger charge is -2.27. The number of methoxy groups -OCH3 is 1. The molecule has 4 nitrogen and oxygen atoms in total. The largest absolute Gasteiger partial charge is 0.465 e. The molecule has 0 saturated heterocycles. The van der Waals surface area contributed by atoms with Crippen molar-refractivity contribution in [3.05, 3.63) is 12.2 Å². The smallest absolute Gasteiger partial charge is 0.351 e. The van der Waals surface area contributed by atoms with Crippen LogP contribution < -0.4 is 0 Å². The lowest BCUT2D eigenvalue weighted by atomic mass is 10.2. The van der Waals surface area contributed by atoms with E-state index in [2.05, 4.69) is 34.6 Å². The molecule has 0 radical (unpaired) electrons. The molecule has 0 bridgehead atoms. The van der Waals surface area contributed by atoms with Gasteiger partial charge in [0.1, 0.15) is 5.71 Å². The molecule has 0 heterocycles. The molecular weight excluding hydrogens is 228 g/mol. The van der Waals surface area contributed by atoms with Crippen molar-refractivity contribution >= 4 is 11.7 Å². The predicted molar refractivity (Wildman–Crippen MR) is 76.1 cm³/mol. The number of carbonyl (C=O) groups excluding carboxylic acids is 1. The van der Waals surface area contributed by atoms with Gasteiger partial charge >= 0.3 is 5.97 Å². The van der Waals surface area contributed by atoms with Crippen molar-refractivity contribution in [1.82, 2.24) is 4.90 Å². The molecule has 0 aromatic rings. The molecule has 0 spiro atoms. The number of ether oxygens (including phenoxy) is 1. The van der Waals surface area contributed by atoms with E-state index >= 15 is 0 Å². The molecule has 0 aliphatic rings. The highest BCUT2D eigenvalue weighted by molar-refractivity contribution is 6.35. The number of hydrogen-bond donors (Lipinski definition) is 0. The van der Waals surface area contributed by atoms with Crippen LogP contribution in [0.1, 0.15) is 34.1 Å². The minimum Gasteiger partial charge on any atom is -0.465 e. The van der Waals surface area contributed by atoms with Gasteiger partial charge in [-0.05, 0) is 33.4 Å². The topological polar surface area (TPSA) is 41.9 Å². The summed E-state index contributed by atoms with van der Waals surface area (Å²) in [6.07, 6.45) is 5.28. The van der Waals surface area contributed by atoms with Gasteiger partial charge in [-0.2, -0.15) is 0 Å². The second kappa shape index (κ2) is 9.83. The Kier molecular flexibility index (Phi) is 9.19. The SMILES string of the molecule is C/C=C\C(CN=C(C)C(=O)OC)N(CC)CCC. The Morgan fingerprint density at radius 1 is 1.44 bits per heavy atom. The fraction of sp³-hybridized carbons (Fsp3) is 0.714. The lowest BCUT2D eigenvalue weighted by molar-refractivity contribution is -0.132. The van der Waals surface area contributed by atoms with Crippen LogP contribution in [0.3, 0.4) is 0 Å². The summed E-state index contributed by atoms with van der Waals surface area (Å²) in [7, 11) is 1.38. The molecule has 0 aliphatic heterocycles. The number of hydrogen-bond acceptors (Lipinski definition) is 4. The molecule has 104 valence electrons. The Morgan fingerprint density at radius 3 is 2.56 bits per heavy atom. The molecule has 4 heteroatoms. The molecule has 1 atom stereocenters. The van der Waals surface area contributed by atoms with Crippen molar-refractivity contribution in [2.45, 2.75) is 40.2 Å². The maximum Gasteiger partial charge on any atom is 0.351 e. The van der Waals surface area contributed by atoms with E-state index in [-0.39, 0.29) is 12.0 Å². The highest BCUT2D eigenvalue weighted by Gasteiger charge is 2.13. The summed E-state index contributed by atoms with van der Waals surface area (Å²) < 4.78 is 4.64. The molecular formula is C14H26N2O2. The summed E-state index contributed by atoms with van der Waals surface area (Å²) in [5.41, 5.74) is 0.430. The zero-order valence-corrected chi connectivity index (χ0v) is 12.3. The Hall–Kier alpha value is -1.16. The summed E-state index contributed by atoms with van der Waals surface area (Å²) in [6, 6.07) is 0.250. The second-order valence-electron chi connectivity index (χ2n) is 4.14. The molecule has 0 rings (SSSR count). The molecule has 0 fully saturated rings. The van der Waals surface area contributed by atoms with Crippen molar-refractivity contribution in [2.24, 2.45) is 4.99 Å². The molecule has 1 unspecified atom stereocenters. The molecule has 18 heavy (non-hydrogen) atoms. The second-order valence-corrected chi connectivity index (χ2v) is 4.14. The van der Waals surface area contributed by atoms with Crippen LogP contribution in [0.5, 0.6) is 0 Å². The number of rotatable bonds is 8. The van der Waals surface area contributed by atoms with Crippen LogP contribution in [0, 0.1) is 0 Å². The van der Waals surface area contributed by atoms with E-state index in [9.17, 15) is 4.79 Å². The minimum atomic E-state index is -0.354. The van der Waals surface area contributed by atoms with Crippen molar-refractivity contribution in [2.75, 3.05) is 26.7 Å². The first-order valence-electron chi connectivity index (χ1n) is 6.56. The van der Waals surface area contributed by atoms with E-state index in [1.54, 1.807) is 6.92 Å². The molecule has 0 aromatic heterocycles. The third-order valence-corrected chi connectivity index (χ3v) is 2.80. The first kappa shape index (κ1) is 16.8. The van der Waals surface area contributed by atoms with Crippen molar-refractivity contribution in [3.8, 4) is 0 Å². The fourth-order valence-corrected chi connectivity index (χ4v) is 1.81. The van der Waals surface area contributed by atoms with Crippen LogP contribution in [0.25, 0.3) is 0 Å². The number of aliphatic imine (C=N–C) groups is 1. The van der Waals surface area contributed by atoms with Gasteiger partial charge in [-0.1, -0.05) is 26.0 Å².